The predicted molar refractivity (Wildman–Crippen MR) is 385 cm³/mol. The number of hydrogen-bond acceptors (Lipinski definition) is 13. The van der Waals surface area contributed by atoms with E-state index in [1.807, 2.05) is 45.2 Å². The quantitative estimate of drug-likeness (QED) is 0.0742. The Hall–Kier alpha value is -9.48. The van der Waals surface area contributed by atoms with Crippen LogP contribution in [0.15, 0.2) is 162 Å². The van der Waals surface area contributed by atoms with Crippen LogP contribution >= 0.6 is 45.2 Å². The number of amides is 2. The van der Waals surface area contributed by atoms with Crippen LogP contribution in [0, 0.1) is 32.6 Å². The fraction of sp³-hybridized carbons (Fsp3) is 0.246. The minimum absolute atomic E-state index is 0. The Morgan fingerprint density at radius 2 is 1.04 bits per heavy atom. The summed E-state index contributed by atoms with van der Waals surface area (Å²) in [6, 6.07) is 35.9. The van der Waals surface area contributed by atoms with E-state index in [1.54, 1.807) is 116 Å². The molecule has 1 aliphatic heterocycles. The highest BCUT2D eigenvalue weighted by atomic mass is 127. The number of pyridine rings is 2. The Balaban J connectivity index is 0.000000269. The molecule has 1 saturated heterocycles. The van der Waals surface area contributed by atoms with Crippen LogP contribution in [-0.4, -0.2) is 66.7 Å². The summed E-state index contributed by atoms with van der Waals surface area (Å²) >= 11 is 3.94. The van der Waals surface area contributed by atoms with Crippen LogP contribution in [0.1, 0.15) is 71.2 Å². The molecule has 4 N–H and O–H groups in total. The maximum atomic E-state index is 15.5. The maximum Gasteiger partial charge on any atom is 0.337 e. The molecule has 5 heterocycles. The third-order valence-electron chi connectivity index (χ3n) is 14.8. The number of hydrogen-bond donors (Lipinski definition) is 4. The molecule has 0 bridgehead atoms. The average molecular weight is 1510 g/mol. The van der Waals surface area contributed by atoms with Crippen molar-refractivity contribution >= 4 is 113 Å². The van der Waals surface area contributed by atoms with E-state index in [1.165, 1.54) is 99.9 Å². The number of aryl methyl sites for hydroxylation is 2. The van der Waals surface area contributed by atoms with Crippen molar-refractivity contribution in [1.29, 1.82) is 0 Å². The zero-order valence-corrected chi connectivity index (χ0v) is 54.9. The molecule has 0 saturated carbocycles. The molecule has 21 nitrogen and oxygen atoms in total. The van der Waals surface area contributed by atoms with Crippen molar-refractivity contribution in [3.63, 3.8) is 0 Å². The molecule has 494 valence electrons. The number of nitrogens with zero attached hydrogens (tertiary/aromatic N) is 6. The lowest BCUT2D eigenvalue weighted by Gasteiger charge is -2.21. The van der Waals surface area contributed by atoms with Crippen LogP contribution < -0.4 is 64.4 Å². The molecule has 6 aromatic carbocycles. The Morgan fingerprint density at radius 1 is 0.553 bits per heavy atom. The zero-order chi connectivity index (χ0) is 65.5. The van der Waals surface area contributed by atoms with E-state index in [9.17, 15) is 42.7 Å². The smallest absolute Gasteiger partial charge is 0.337 e. The van der Waals surface area contributed by atoms with Crippen molar-refractivity contribution in [2.24, 2.45) is 14.1 Å². The third kappa shape index (κ3) is 15.9. The molecule has 0 unspecified atom stereocenters. The number of aromatic nitrogens is 6. The van der Waals surface area contributed by atoms with Crippen LogP contribution in [0.2, 0.25) is 0 Å². The largest absolute Gasteiger partial charge is 0.497 e. The first-order valence-electron chi connectivity index (χ1n) is 28.3. The summed E-state index contributed by atoms with van der Waals surface area (Å²) in [6.45, 7) is 7.62. The molecule has 0 spiro atoms. The Bertz CT molecular complexity index is 4860. The summed E-state index contributed by atoms with van der Waals surface area (Å²) in [5.74, 6) is -0.623. The number of ether oxygens (including phenoxy) is 3. The van der Waals surface area contributed by atoms with E-state index >= 15 is 4.39 Å². The lowest BCUT2D eigenvalue weighted by molar-refractivity contribution is -0.115. The standard InChI is InChI=1S/2C31H27FIN5O5.C4H8O.3CH4/c1-17-27-26(28(36(3)29(17)40)35-25-13-10-20(33)14-24(25)32)30(41)37(16-19-8-11-23(43-4)12-9-19)31(42)38(27)22-7-5-6-21(15-22)34-18(2)39;1-17-27(35-22-7-5-6-21(15-22)34-18(2)39)26-28(36(3)29(17)40)38(25-13-10-20(33)14-24(25)32)31(42)37(30(26)41)16-19-8-11-23(43-4)12-9-19;1-2-4-5-3-1;;;/h2*5-15,35H,16H2,1-4H3,(H,34,39);1-4H2;3*1H4. The monoisotopic (exact) mass is 1510 g/mol. The van der Waals surface area contributed by atoms with Gasteiger partial charge in [0.1, 0.15) is 45.4 Å². The number of halogens is 4. The van der Waals surface area contributed by atoms with Gasteiger partial charge in [0.25, 0.3) is 22.2 Å². The molecule has 1 aliphatic rings. The van der Waals surface area contributed by atoms with Crippen molar-refractivity contribution in [1.82, 2.24) is 27.4 Å². The summed E-state index contributed by atoms with van der Waals surface area (Å²) in [6.07, 6.45) is 2.56. The molecule has 10 aromatic rings. The van der Waals surface area contributed by atoms with Gasteiger partial charge in [0.15, 0.2) is 0 Å². The predicted octanol–water partition coefficient (Wildman–Crippen LogP) is 12.0. The van der Waals surface area contributed by atoms with Gasteiger partial charge in [-0.05, 0) is 180 Å². The van der Waals surface area contributed by atoms with Gasteiger partial charge in [0.2, 0.25) is 11.8 Å². The molecular formula is C69H74F2I2N10O11. The second kappa shape index (κ2) is 31.9. The first-order valence-corrected chi connectivity index (χ1v) is 30.5. The number of methoxy groups -OCH3 is 2. The Labute approximate surface area is 567 Å². The first kappa shape index (κ1) is 73.6. The fourth-order valence-electron chi connectivity index (χ4n) is 10.4. The molecule has 2 amide bonds. The Kier molecular flexibility index (Phi) is 25.0. The van der Waals surface area contributed by atoms with Crippen molar-refractivity contribution < 1.29 is 32.6 Å². The summed E-state index contributed by atoms with van der Waals surface area (Å²) < 4.78 is 54.0. The van der Waals surface area contributed by atoms with Crippen LogP contribution in [0.4, 0.5) is 43.0 Å². The van der Waals surface area contributed by atoms with Crippen LogP contribution in [0.3, 0.4) is 0 Å². The molecule has 0 atom stereocenters. The molecule has 94 heavy (non-hydrogen) atoms. The minimum Gasteiger partial charge on any atom is -0.497 e. The van der Waals surface area contributed by atoms with Crippen molar-refractivity contribution in [3.05, 3.63) is 237 Å². The van der Waals surface area contributed by atoms with Gasteiger partial charge in [-0.3, -0.25) is 51.6 Å². The fourth-order valence-corrected chi connectivity index (χ4v) is 11.3. The second-order valence-electron chi connectivity index (χ2n) is 21.1. The van der Waals surface area contributed by atoms with Gasteiger partial charge >= 0.3 is 11.4 Å². The molecule has 0 aliphatic carbocycles. The average Bonchev–Trinajstić information content (AvgIpc) is 0.781. The van der Waals surface area contributed by atoms with Crippen molar-refractivity contribution in [3.8, 4) is 22.9 Å². The van der Waals surface area contributed by atoms with E-state index < -0.39 is 45.3 Å². The highest BCUT2D eigenvalue weighted by Gasteiger charge is 2.27. The van der Waals surface area contributed by atoms with Crippen LogP contribution in [0.5, 0.6) is 11.5 Å². The molecule has 0 radical (unpaired) electrons. The van der Waals surface area contributed by atoms with Gasteiger partial charge in [0, 0.05) is 76.5 Å². The van der Waals surface area contributed by atoms with Crippen LogP contribution in [-0.2, 0) is 41.5 Å². The number of carbonyl (C=O) groups excluding carboxylic acids is 2. The second-order valence-corrected chi connectivity index (χ2v) is 23.6. The summed E-state index contributed by atoms with van der Waals surface area (Å²) in [5, 5.41) is 11.5. The van der Waals surface area contributed by atoms with Crippen molar-refractivity contribution in [2.45, 2.75) is 75.9 Å². The number of benzene rings is 6. The molecule has 11 rings (SSSR count). The first-order chi connectivity index (χ1) is 43.5. The zero-order valence-electron chi connectivity index (χ0n) is 50.6. The molecular weight excluding hydrogens is 1440 g/mol. The van der Waals surface area contributed by atoms with Gasteiger partial charge in [-0.2, -0.15) is 0 Å². The van der Waals surface area contributed by atoms with Crippen LogP contribution in [0.25, 0.3) is 33.3 Å². The molecule has 25 heteroatoms. The Morgan fingerprint density at radius 3 is 1.55 bits per heavy atom. The highest BCUT2D eigenvalue weighted by Crippen LogP contribution is 2.31. The summed E-state index contributed by atoms with van der Waals surface area (Å²) in [4.78, 5) is 107. The van der Waals surface area contributed by atoms with E-state index in [-0.39, 0.29) is 103 Å². The van der Waals surface area contributed by atoms with E-state index in [0.29, 0.717) is 52.5 Å². The van der Waals surface area contributed by atoms with Gasteiger partial charge in [-0.25, -0.2) is 22.9 Å². The molecule has 4 aromatic heterocycles. The van der Waals surface area contributed by atoms with Gasteiger partial charge in [-0.15, -0.1) is 0 Å². The number of rotatable bonds is 14. The lowest BCUT2D eigenvalue weighted by Crippen LogP contribution is -2.42. The van der Waals surface area contributed by atoms with Gasteiger partial charge in [0.05, 0.1) is 55.6 Å². The summed E-state index contributed by atoms with van der Waals surface area (Å²) in [5.41, 5.74) is -0.402. The maximum absolute atomic E-state index is 15.5. The number of anilines is 6. The highest BCUT2D eigenvalue weighted by molar-refractivity contribution is 14.1. The van der Waals surface area contributed by atoms with Gasteiger partial charge in [-0.1, -0.05) is 58.7 Å². The minimum atomic E-state index is -0.814. The van der Waals surface area contributed by atoms with E-state index in [2.05, 4.69) is 21.3 Å². The third-order valence-corrected chi connectivity index (χ3v) is 16.2. The van der Waals surface area contributed by atoms with Gasteiger partial charge < -0.3 is 35.5 Å². The normalized spacial score (nSPS) is 11.4. The lowest BCUT2D eigenvalue weighted by atomic mass is 10.1. The topological polar surface area (TPSA) is 242 Å². The number of fused-ring (bicyclic) bond motifs is 2. The number of nitrogens with one attached hydrogen (secondary N) is 4. The van der Waals surface area contributed by atoms with Crippen molar-refractivity contribution in [2.75, 3.05) is 48.7 Å². The summed E-state index contributed by atoms with van der Waals surface area (Å²) in [7, 11) is 5.98. The number of carbonyl (C=O) groups is 2. The van der Waals surface area contributed by atoms with E-state index in [4.69, 9.17) is 14.2 Å². The molecule has 1 fully saturated rings. The SMILES string of the molecule is C.C.C.C1CCOC1.COc1ccc(Cn2c(=O)c3c(Nc4ccc(I)cc4F)n(C)c(=O)c(C)c3n(-c3cccc(NC(C)=O)c3)c2=O)cc1.COc1ccc(Cn2c(=O)c3c(Nc4cccc(NC(C)=O)c4)c(C)c(=O)n(C)c3n(-c3ccc(I)cc3F)c2=O)cc1. The van der Waals surface area contributed by atoms with E-state index in [0.717, 1.165) is 26.9 Å².